The maximum Gasteiger partial charge on any atom is 0.291 e. The minimum Gasteiger partial charge on any atom is -0.495 e. The van der Waals surface area contributed by atoms with E-state index in [1.807, 2.05) is 6.07 Å². The third-order valence-electron chi connectivity index (χ3n) is 2.38. The largest absolute Gasteiger partial charge is 0.495 e. The number of anilines is 1. The van der Waals surface area contributed by atoms with Crippen molar-refractivity contribution in [3.63, 3.8) is 0 Å². The Labute approximate surface area is 117 Å². The van der Waals surface area contributed by atoms with Crippen LogP contribution in [0.25, 0.3) is 0 Å². The maximum atomic E-state index is 11.9. The molecule has 0 atom stereocenters. The molecular weight excluding hydrogens is 312 g/mol. The molecule has 0 spiro atoms. The van der Waals surface area contributed by atoms with Gasteiger partial charge in [-0.05, 0) is 40.2 Å². The van der Waals surface area contributed by atoms with Crippen molar-refractivity contribution in [1.82, 2.24) is 0 Å². The van der Waals surface area contributed by atoms with Gasteiger partial charge in [-0.25, -0.2) is 0 Å². The highest BCUT2D eigenvalue weighted by molar-refractivity contribution is 9.10. The van der Waals surface area contributed by atoms with Crippen LogP contribution in [0.4, 0.5) is 5.69 Å². The third-order valence-corrected chi connectivity index (χ3v) is 2.80. The van der Waals surface area contributed by atoms with Crippen molar-refractivity contribution in [2.24, 2.45) is 0 Å². The monoisotopic (exact) mass is 320 g/mol. The molecule has 19 heavy (non-hydrogen) atoms. The zero-order chi connectivity index (χ0) is 13.8. The van der Waals surface area contributed by atoms with Crippen LogP contribution < -0.4 is 10.1 Å². The van der Waals surface area contributed by atoms with E-state index < -0.39 is 5.91 Å². The van der Waals surface area contributed by atoms with E-state index in [-0.39, 0.29) is 5.76 Å². The van der Waals surface area contributed by atoms with Gasteiger partial charge in [-0.1, -0.05) is 0 Å². The molecule has 0 fully saturated rings. The van der Waals surface area contributed by atoms with Crippen LogP contribution in [0, 0.1) is 11.3 Å². The van der Waals surface area contributed by atoms with Crippen molar-refractivity contribution in [2.75, 3.05) is 12.4 Å². The lowest BCUT2D eigenvalue weighted by atomic mass is 10.2. The average Bonchev–Trinajstić information content (AvgIpc) is 2.86. The summed E-state index contributed by atoms with van der Waals surface area (Å²) in [5.74, 6) is 0.199. The molecule has 6 heteroatoms. The van der Waals surface area contributed by atoms with E-state index in [9.17, 15) is 4.79 Å². The Morgan fingerprint density at radius 3 is 2.79 bits per heavy atom. The van der Waals surface area contributed by atoms with Gasteiger partial charge in [0.2, 0.25) is 0 Å². The average molecular weight is 321 g/mol. The summed E-state index contributed by atoms with van der Waals surface area (Å²) >= 11 is 3.13. The minimum atomic E-state index is -0.395. The smallest absolute Gasteiger partial charge is 0.291 e. The number of methoxy groups -OCH3 is 1. The van der Waals surface area contributed by atoms with Gasteiger partial charge in [0.1, 0.15) is 5.75 Å². The molecule has 0 aliphatic carbocycles. The third kappa shape index (κ3) is 2.95. The van der Waals surface area contributed by atoms with Crippen LogP contribution in [0.3, 0.4) is 0 Å². The molecule has 0 saturated heterocycles. The summed E-state index contributed by atoms with van der Waals surface area (Å²) in [6.07, 6.45) is 0. The van der Waals surface area contributed by atoms with Gasteiger partial charge in [0.15, 0.2) is 10.4 Å². The van der Waals surface area contributed by atoms with E-state index in [4.69, 9.17) is 14.4 Å². The highest BCUT2D eigenvalue weighted by Gasteiger charge is 2.13. The second-order valence-corrected chi connectivity index (χ2v) is 4.37. The second kappa shape index (κ2) is 5.59. The predicted octanol–water partition coefficient (Wildman–Crippen LogP) is 3.17. The topological polar surface area (TPSA) is 75.3 Å². The molecule has 2 aromatic rings. The lowest BCUT2D eigenvalue weighted by molar-refractivity contribution is 0.0995. The summed E-state index contributed by atoms with van der Waals surface area (Å²) in [5, 5.41) is 11.5. The molecule has 0 unspecified atom stereocenters. The number of carbonyl (C=O) groups is 1. The number of hydrogen-bond donors (Lipinski definition) is 1. The normalized spacial score (nSPS) is 9.74. The molecule has 96 valence electrons. The maximum absolute atomic E-state index is 11.9. The SMILES string of the molecule is COc1cc(C#N)ccc1NC(=O)c1ccc(Br)o1. The number of ether oxygens (including phenoxy) is 1. The van der Waals surface area contributed by atoms with Gasteiger partial charge in [-0.2, -0.15) is 5.26 Å². The summed E-state index contributed by atoms with van der Waals surface area (Å²) in [6.45, 7) is 0. The van der Waals surface area contributed by atoms with E-state index in [0.29, 0.717) is 21.7 Å². The number of amides is 1. The first-order chi connectivity index (χ1) is 9.13. The van der Waals surface area contributed by atoms with E-state index in [0.717, 1.165) is 0 Å². The van der Waals surface area contributed by atoms with Crippen molar-refractivity contribution < 1.29 is 13.9 Å². The summed E-state index contributed by atoms with van der Waals surface area (Å²) in [5.41, 5.74) is 0.926. The fourth-order valence-corrected chi connectivity index (χ4v) is 1.79. The molecule has 0 saturated carbocycles. The van der Waals surface area contributed by atoms with E-state index in [2.05, 4.69) is 21.2 Å². The van der Waals surface area contributed by atoms with Crippen molar-refractivity contribution in [2.45, 2.75) is 0 Å². The van der Waals surface area contributed by atoms with Gasteiger partial charge in [0.25, 0.3) is 5.91 Å². The lowest BCUT2D eigenvalue weighted by Gasteiger charge is -2.09. The Kier molecular flexibility index (Phi) is 3.88. The second-order valence-electron chi connectivity index (χ2n) is 3.58. The zero-order valence-corrected chi connectivity index (χ0v) is 11.5. The zero-order valence-electron chi connectivity index (χ0n) is 9.94. The summed E-state index contributed by atoms with van der Waals surface area (Å²) in [6, 6.07) is 9.93. The van der Waals surface area contributed by atoms with Crippen LogP contribution >= 0.6 is 15.9 Å². The first-order valence-corrected chi connectivity index (χ1v) is 6.08. The van der Waals surface area contributed by atoms with E-state index in [1.54, 1.807) is 30.3 Å². The van der Waals surface area contributed by atoms with Crippen LogP contribution in [-0.4, -0.2) is 13.0 Å². The minimum absolute atomic E-state index is 0.179. The molecule has 1 N–H and O–H groups in total. The fourth-order valence-electron chi connectivity index (χ4n) is 1.48. The number of hydrogen-bond acceptors (Lipinski definition) is 4. The first-order valence-electron chi connectivity index (χ1n) is 5.29. The van der Waals surface area contributed by atoms with Crippen LogP contribution in [0.15, 0.2) is 39.4 Å². The molecule has 1 aromatic carbocycles. The lowest BCUT2D eigenvalue weighted by Crippen LogP contribution is -2.11. The summed E-state index contributed by atoms with van der Waals surface area (Å²) in [7, 11) is 1.47. The van der Waals surface area contributed by atoms with Crippen LogP contribution in [0.1, 0.15) is 16.1 Å². The van der Waals surface area contributed by atoms with E-state index >= 15 is 0 Å². The summed E-state index contributed by atoms with van der Waals surface area (Å²) in [4.78, 5) is 11.9. The Bertz CT molecular complexity index is 658. The quantitative estimate of drug-likeness (QED) is 0.942. The number of nitriles is 1. The molecule has 0 aliphatic heterocycles. The molecule has 1 heterocycles. The first kappa shape index (κ1) is 13.2. The molecule has 2 rings (SSSR count). The predicted molar refractivity (Wildman–Crippen MR) is 72.1 cm³/mol. The van der Waals surface area contributed by atoms with Crippen molar-refractivity contribution in [3.8, 4) is 11.8 Å². The fraction of sp³-hybridized carbons (Fsp3) is 0.0769. The molecule has 0 radical (unpaired) electrons. The molecule has 0 aliphatic rings. The Morgan fingerprint density at radius 1 is 1.42 bits per heavy atom. The van der Waals surface area contributed by atoms with E-state index in [1.165, 1.54) is 7.11 Å². The number of carbonyl (C=O) groups excluding carboxylic acids is 1. The van der Waals surface area contributed by atoms with Gasteiger partial charge in [0.05, 0.1) is 24.4 Å². The number of nitrogens with zero attached hydrogens (tertiary/aromatic N) is 1. The Hall–Kier alpha value is -2.26. The number of nitrogens with one attached hydrogen (secondary N) is 1. The number of halogens is 1. The number of benzene rings is 1. The molecule has 1 aromatic heterocycles. The van der Waals surface area contributed by atoms with Crippen molar-refractivity contribution >= 4 is 27.5 Å². The molecule has 5 nitrogen and oxygen atoms in total. The number of rotatable bonds is 3. The number of furan rings is 1. The van der Waals surface area contributed by atoms with Gasteiger partial charge >= 0.3 is 0 Å². The van der Waals surface area contributed by atoms with Crippen LogP contribution in [0.5, 0.6) is 5.75 Å². The van der Waals surface area contributed by atoms with Gasteiger partial charge in [-0.15, -0.1) is 0 Å². The Balaban J connectivity index is 2.24. The van der Waals surface area contributed by atoms with Crippen LogP contribution in [-0.2, 0) is 0 Å². The van der Waals surface area contributed by atoms with Gasteiger partial charge in [0, 0.05) is 6.07 Å². The van der Waals surface area contributed by atoms with Gasteiger partial charge < -0.3 is 14.5 Å². The molecule has 1 amide bonds. The molecule has 0 bridgehead atoms. The van der Waals surface area contributed by atoms with Crippen LogP contribution in [0.2, 0.25) is 0 Å². The summed E-state index contributed by atoms with van der Waals surface area (Å²) < 4.78 is 10.7. The molecular formula is C13H9BrN2O3. The highest BCUT2D eigenvalue weighted by atomic mass is 79.9. The van der Waals surface area contributed by atoms with Crippen molar-refractivity contribution in [1.29, 1.82) is 5.26 Å². The van der Waals surface area contributed by atoms with Gasteiger partial charge in [-0.3, -0.25) is 4.79 Å². The Morgan fingerprint density at radius 2 is 2.21 bits per heavy atom. The van der Waals surface area contributed by atoms with Crippen molar-refractivity contribution in [3.05, 3.63) is 46.3 Å². The highest BCUT2D eigenvalue weighted by Crippen LogP contribution is 2.26. The standard InChI is InChI=1S/C13H9BrN2O3/c1-18-11-6-8(7-15)2-3-9(11)16-13(17)10-4-5-12(14)19-10/h2-6H,1H3,(H,16,17).